The number of carbonyl (C=O) groups excluding carboxylic acids is 1. The number of halogens is 1. The summed E-state index contributed by atoms with van der Waals surface area (Å²) in [5.41, 5.74) is 0.617. The number of nitrogens with zero attached hydrogens (tertiary/aromatic N) is 4. The van der Waals surface area contributed by atoms with Crippen molar-refractivity contribution in [2.45, 2.75) is 23.9 Å². The maximum absolute atomic E-state index is 13.5. The Balaban J connectivity index is 1.81. The molecule has 0 fully saturated rings. The molecule has 3 rings (SSSR count). The van der Waals surface area contributed by atoms with E-state index in [1.165, 1.54) is 35.2 Å². The van der Waals surface area contributed by atoms with Crippen LogP contribution in [0, 0.1) is 5.82 Å². The fourth-order valence-corrected chi connectivity index (χ4v) is 3.60. The quantitative estimate of drug-likeness (QED) is 0.491. The van der Waals surface area contributed by atoms with E-state index in [2.05, 4.69) is 27.1 Å². The van der Waals surface area contributed by atoms with Gasteiger partial charge in [-0.25, -0.2) is 9.37 Å². The van der Waals surface area contributed by atoms with E-state index >= 15 is 0 Å². The zero-order chi connectivity index (χ0) is 18.5. The summed E-state index contributed by atoms with van der Waals surface area (Å²) in [5, 5.41) is 13.6. The number of hydrogen-bond acceptors (Lipinski definition) is 6. The van der Waals surface area contributed by atoms with Gasteiger partial charge in [0, 0.05) is 23.7 Å². The molecule has 0 saturated heterocycles. The first-order valence-corrected chi connectivity index (χ1v) is 9.51. The van der Waals surface area contributed by atoms with E-state index in [0.29, 0.717) is 28.2 Å². The summed E-state index contributed by atoms with van der Waals surface area (Å²) in [6, 6.07) is 6.16. The molecular weight excluding hydrogens is 373 g/mol. The van der Waals surface area contributed by atoms with E-state index in [1.54, 1.807) is 41.3 Å². The summed E-state index contributed by atoms with van der Waals surface area (Å²) >= 11 is 2.63. The second-order valence-electron chi connectivity index (χ2n) is 5.30. The van der Waals surface area contributed by atoms with Gasteiger partial charge >= 0.3 is 0 Å². The highest BCUT2D eigenvalue weighted by molar-refractivity contribution is 8.00. The van der Waals surface area contributed by atoms with E-state index in [-0.39, 0.29) is 11.7 Å². The van der Waals surface area contributed by atoms with E-state index < -0.39 is 5.25 Å². The van der Waals surface area contributed by atoms with Crippen molar-refractivity contribution in [1.82, 2.24) is 19.7 Å². The Morgan fingerprint density at radius 2 is 2.35 bits per heavy atom. The van der Waals surface area contributed by atoms with E-state index in [9.17, 15) is 9.18 Å². The smallest absolute Gasteiger partial charge is 0.239 e. The SMILES string of the molecule is C=CCn1c(S[C@@H](C)C(=O)Nc2nccs2)nnc1-c1cccc(F)c1. The fourth-order valence-electron chi connectivity index (χ4n) is 2.21. The number of amides is 1. The number of carbonyl (C=O) groups is 1. The lowest BCUT2D eigenvalue weighted by molar-refractivity contribution is -0.115. The fraction of sp³-hybridized carbons (Fsp3) is 0.176. The third-order valence-corrected chi connectivity index (χ3v) is 5.19. The van der Waals surface area contributed by atoms with Gasteiger partial charge in [0.2, 0.25) is 5.91 Å². The molecule has 0 aliphatic carbocycles. The van der Waals surface area contributed by atoms with Gasteiger partial charge in [-0.15, -0.1) is 28.1 Å². The minimum Gasteiger partial charge on any atom is -0.301 e. The Kier molecular flexibility index (Phi) is 5.79. The molecule has 0 aliphatic rings. The Morgan fingerprint density at radius 3 is 3.04 bits per heavy atom. The predicted molar refractivity (Wildman–Crippen MR) is 102 cm³/mol. The van der Waals surface area contributed by atoms with Crippen molar-refractivity contribution < 1.29 is 9.18 Å². The summed E-state index contributed by atoms with van der Waals surface area (Å²) in [6.45, 7) is 5.97. The van der Waals surface area contributed by atoms with E-state index in [4.69, 9.17) is 0 Å². The van der Waals surface area contributed by atoms with Gasteiger partial charge in [0.05, 0.1) is 5.25 Å². The number of nitrogens with one attached hydrogen (secondary N) is 1. The van der Waals surface area contributed by atoms with Crippen molar-refractivity contribution in [3.63, 3.8) is 0 Å². The first-order chi connectivity index (χ1) is 12.6. The van der Waals surface area contributed by atoms with Crippen LogP contribution in [0.15, 0.2) is 53.7 Å². The number of rotatable bonds is 7. The molecule has 1 amide bonds. The lowest BCUT2D eigenvalue weighted by Crippen LogP contribution is -2.22. The van der Waals surface area contributed by atoms with Crippen molar-refractivity contribution in [1.29, 1.82) is 0 Å². The second-order valence-corrected chi connectivity index (χ2v) is 7.50. The van der Waals surface area contributed by atoms with E-state index in [0.717, 1.165) is 0 Å². The molecule has 1 N–H and O–H groups in total. The molecule has 0 unspecified atom stereocenters. The summed E-state index contributed by atoms with van der Waals surface area (Å²) in [5.74, 6) is 0.00545. The van der Waals surface area contributed by atoms with Crippen LogP contribution in [0.3, 0.4) is 0 Å². The molecule has 0 aliphatic heterocycles. The number of thiazole rings is 1. The lowest BCUT2D eigenvalue weighted by atomic mass is 10.2. The number of thioether (sulfide) groups is 1. The van der Waals surface area contributed by atoms with Gasteiger partial charge in [0.1, 0.15) is 5.82 Å². The van der Waals surface area contributed by atoms with Gasteiger partial charge in [-0.05, 0) is 19.1 Å². The van der Waals surface area contributed by atoms with Crippen LogP contribution in [-0.2, 0) is 11.3 Å². The first-order valence-electron chi connectivity index (χ1n) is 7.75. The summed E-state index contributed by atoms with van der Waals surface area (Å²) in [4.78, 5) is 16.4. The normalized spacial score (nSPS) is 11.9. The lowest BCUT2D eigenvalue weighted by Gasteiger charge is -2.12. The molecule has 0 bridgehead atoms. The molecule has 2 heterocycles. The van der Waals surface area contributed by atoms with Crippen LogP contribution in [0.2, 0.25) is 0 Å². The number of anilines is 1. The maximum atomic E-state index is 13.5. The molecular formula is C17H16FN5OS2. The molecule has 0 saturated carbocycles. The van der Waals surface area contributed by atoms with Gasteiger partial charge in [-0.1, -0.05) is 30.0 Å². The van der Waals surface area contributed by atoms with Crippen LogP contribution in [-0.4, -0.2) is 30.9 Å². The first kappa shape index (κ1) is 18.3. The average molecular weight is 389 g/mol. The van der Waals surface area contributed by atoms with Crippen LogP contribution < -0.4 is 5.32 Å². The highest BCUT2D eigenvalue weighted by Crippen LogP contribution is 2.28. The number of allylic oxidation sites excluding steroid dienone is 1. The Bertz CT molecular complexity index is 910. The molecule has 1 aromatic carbocycles. The van der Waals surface area contributed by atoms with Crippen molar-refractivity contribution >= 4 is 34.1 Å². The maximum Gasteiger partial charge on any atom is 0.239 e. The average Bonchev–Trinajstić information content (AvgIpc) is 3.26. The highest BCUT2D eigenvalue weighted by atomic mass is 32.2. The van der Waals surface area contributed by atoms with Crippen molar-refractivity contribution in [2.75, 3.05) is 5.32 Å². The Hall–Kier alpha value is -2.52. The topological polar surface area (TPSA) is 72.7 Å². The molecule has 9 heteroatoms. The summed E-state index contributed by atoms with van der Waals surface area (Å²) in [7, 11) is 0. The monoisotopic (exact) mass is 389 g/mol. The van der Waals surface area contributed by atoms with Crippen LogP contribution in [0.4, 0.5) is 9.52 Å². The third kappa shape index (κ3) is 4.17. The standard InChI is InChI=1S/C17H16FN5OS2/c1-3-8-23-14(12-5-4-6-13(18)10-12)21-22-17(23)26-11(2)15(24)20-16-19-7-9-25-16/h3-7,9-11H,1,8H2,2H3,(H,19,20,24)/t11-/m0/s1. The van der Waals surface area contributed by atoms with E-state index in [1.807, 2.05) is 0 Å². The van der Waals surface area contributed by atoms with Crippen LogP contribution >= 0.6 is 23.1 Å². The minimum absolute atomic E-state index is 0.176. The Labute approximate surface area is 158 Å². The van der Waals surface area contributed by atoms with Gasteiger partial charge in [0.25, 0.3) is 0 Å². The molecule has 0 spiro atoms. The van der Waals surface area contributed by atoms with Crippen LogP contribution in [0.25, 0.3) is 11.4 Å². The van der Waals surface area contributed by atoms with Gasteiger partial charge in [0.15, 0.2) is 16.1 Å². The molecule has 3 aromatic rings. The third-order valence-electron chi connectivity index (χ3n) is 3.43. The number of hydrogen-bond donors (Lipinski definition) is 1. The summed E-state index contributed by atoms with van der Waals surface area (Å²) in [6.07, 6.45) is 3.33. The molecule has 134 valence electrons. The van der Waals surface area contributed by atoms with Crippen molar-refractivity contribution in [3.05, 3.63) is 54.3 Å². The van der Waals surface area contributed by atoms with Gasteiger partial charge in [-0.2, -0.15) is 0 Å². The zero-order valence-electron chi connectivity index (χ0n) is 13.9. The van der Waals surface area contributed by atoms with Crippen LogP contribution in [0.5, 0.6) is 0 Å². The number of aromatic nitrogens is 4. The molecule has 1 atom stereocenters. The molecule has 26 heavy (non-hydrogen) atoms. The largest absolute Gasteiger partial charge is 0.301 e. The molecule has 0 radical (unpaired) electrons. The van der Waals surface area contributed by atoms with Gasteiger partial charge in [-0.3, -0.25) is 9.36 Å². The Morgan fingerprint density at radius 1 is 1.50 bits per heavy atom. The minimum atomic E-state index is -0.410. The summed E-state index contributed by atoms with van der Waals surface area (Å²) < 4.78 is 15.3. The predicted octanol–water partition coefficient (Wildman–Crippen LogP) is 3.85. The zero-order valence-corrected chi connectivity index (χ0v) is 15.6. The second kappa shape index (κ2) is 8.24. The van der Waals surface area contributed by atoms with Crippen molar-refractivity contribution in [2.24, 2.45) is 0 Å². The van der Waals surface area contributed by atoms with Crippen LogP contribution in [0.1, 0.15) is 6.92 Å². The van der Waals surface area contributed by atoms with Crippen molar-refractivity contribution in [3.8, 4) is 11.4 Å². The number of benzene rings is 1. The highest BCUT2D eigenvalue weighted by Gasteiger charge is 2.21. The molecule has 6 nitrogen and oxygen atoms in total. The van der Waals surface area contributed by atoms with Gasteiger partial charge < -0.3 is 5.32 Å². The molecule has 2 aromatic heterocycles.